The van der Waals surface area contributed by atoms with E-state index in [4.69, 9.17) is 4.74 Å². The van der Waals surface area contributed by atoms with Crippen molar-refractivity contribution in [1.29, 1.82) is 0 Å². The van der Waals surface area contributed by atoms with Crippen LogP contribution in [0.5, 0.6) is 0 Å². The van der Waals surface area contributed by atoms with Crippen molar-refractivity contribution in [1.82, 2.24) is 10.2 Å². The highest BCUT2D eigenvalue weighted by Crippen LogP contribution is 2.02. The highest BCUT2D eigenvalue weighted by atomic mass is 16.5. The Morgan fingerprint density at radius 1 is 1.39 bits per heavy atom. The van der Waals surface area contributed by atoms with Crippen molar-refractivity contribution in [3.8, 4) is 0 Å². The molecule has 0 aliphatic carbocycles. The number of amides is 1. The van der Waals surface area contributed by atoms with Crippen LogP contribution in [0.4, 0.5) is 0 Å². The molecule has 0 spiro atoms. The summed E-state index contributed by atoms with van der Waals surface area (Å²) in [5.74, 6) is 0.434. The van der Waals surface area contributed by atoms with Crippen molar-refractivity contribution in [2.75, 3.05) is 39.4 Å². The van der Waals surface area contributed by atoms with Crippen molar-refractivity contribution in [2.24, 2.45) is 5.92 Å². The first-order valence-electron chi connectivity index (χ1n) is 6.59. The third-order valence-electron chi connectivity index (χ3n) is 2.85. The maximum atomic E-state index is 11.4. The number of hydrogen-bond donors (Lipinski definition) is 1. The summed E-state index contributed by atoms with van der Waals surface area (Å²) in [5, 5.41) is 2.91. The Labute approximate surface area is 110 Å². The molecule has 0 bridgehead atoms. The zero-order chi connectivity index (χ0) is 13.2. The van der Waals surface area contributed by atoms with E-state index in [0.717, 1.165) is 39.4 Å². The molecule has 1 N–H and O–H groups in total. The van der Waals surface area contributed by atoms with Gasteiger partial charge in [-0.25, -0.2) is 0 Å². The molecule has 0 saturated carbocycles. The summed E-state index contributed by atoms with van der Waals surface area (Å²) in [7, 11) is 0. The van der Waals surface area contributed by atoms with Gasteiger partial charge in [0.2, 0.25) is 5.91 Å². The summed E-state index contributed by atoms with van der Waals surface area (Å²) >= 11 is 0. The molecule has 102 valence electrons. The van der Waals surface area contributed by atoms with Crippen LogP contribution in [-0.4, -0.2) is 50.2 Å². The van der Waals surface area contributed by atoms with E-state index in [2.05, 4.69) is 17.1 Å². The molecule has 0 aromatic carbocycles. The molecule has 1 unspecified atom stereocenters. The molecular weight excluding hydrogens is 228 g/mol. The van der Waals surface area contributed by atoms with Crippen LogP contribution in [0.25, 0.3) is 0 Å². The van der Waals surface area contributed by atoms with E-state index in [9.17, 15) is 4.79 Å². The van der Waals surface area contributed by atoms with Gasteiger partial charge in [0, 0.05) is 32.3 Å². The standard InChI is InChI=1S/C14H24N2O2/c1-3-4-5-6-14(17)15-11-13(2)12-16-7-9-18-10-8-16/h3-6,13H,7-12H2,1-2H3,(H,15,17)/b4-3+,6-5+. The van der Waals surface area contributed by atoms with Gasteiger partial charge in [0.25, 0.3) is 0 Å². The van der Waals surface area contributed by atoms with Crippen molar-refractivity contribution in [3.63, 3.8) is 0 Å². The van der Waals surface area contributed by atoms with Gasteiger partial charge in [-0.2, -0.15) is 0 Å². The van der Waals surface area contributed by atoms with E-state index >= 15 is 0 Å². The van der Waals surface area contributed by atoms with Gasteiger partial charge in [0.05, 0.1) is 13.2 Å². The SMILES string of the molecule is C/C=C/C=C/C(=O)NCC(C)CN1CCOCC1. The molecular formula is C14H24N2O2. The number of morpholine rings is 1. The molecule has 1 amide bonds. The van der Waals surface area contributed by atoms with Crippen LogP contribution < -0.4 is 5.32 Å². The number of carbonyl (C=O) groups excluding carboxylic acids is 1. The van der Waals surface area contributed by atoms with Crippen molar-refractivity contribution >= 4 is 5.91 Å². The lowest BCUT2D eigenvalue weighted by atomic mass is 10.1. The number of allylic oxidation sites excluding steroid dienone is 3. The second kappa shape index (κ2) is 8.89. The molecule has 0 aromatic rings. The van der Waals surface area contributed by atoms with E-state index in [1.54, 1.807) is 12.2 Å². The lowest BCUT2D eigenvalue weighted by Crippen LogP contribution is -2.41. The van der Waals surface area contributed by atoms with Crippen molar-refractivity contribution in [3.05, 3.63) is 24.3 Å². The maximum absolute atomic E-state index is 11.4. The maximum Gasteiger partial charge on any atom is 0.243 e. The molecule has 1 aliphatic heterocycles. The molecule has 1 aliphatic rings. The van der Waals surface area contributed by atoms with E-state index in [0.29, 0.717) is 5.92 Å². The Hall–Kier alpha value is -1.13. The third kappa shape index (κ3) is 6.57. The quantitative estimate of drug-likeness (QED) is 0.570. The normalized spacial score (nSPS) is 19.4. The second-order valence-corrected chi connectivity index (χ2v) is 4.65. The average molecular weight is 252 g/mol. The van der Waals surface area contributed by atoms with Gasteiger partial charge in [-0.1, -0.05) is 25.2 Å². The Bertz CT molecular complexity index is 294. The molecule has 4 nitrogen and oxygen atoms in total. The first-order valence-corrected chi connectivity index (χ1v) is 6.59. The Balaban J connectivity index is 2.15. The highest BCUT2D eigenvalue weighted by Gasteiger charge is 2.13. The van der Waals surface area contributed by atoms with Gasteiger partial charge in [-0.3, -0.25) is 9.69 Å². The number of rotatable bonds is 6. The van der Waals surface area contributed by atoms with Crippen LogP contribution in [0.2, 0.25) is 0 Å². The number of hydrogen-bond acceptors (Lipinski definition) is 3. The zero-order valence-corrected chi connectivity index (χ0v) is 11.4. The van der Waals surface area contributed by atoms with Gasteiger partial charge < -0.3 is 10.1 Å². The molecule has 4 heteroatoms. The van der Waals surface area contributed by atoms with Crippen LogP contribution in [-0.2, 0) is 9.53 Å². The third-order valence-corrected chi connectivity index (χ3v) is 2.85. The number of nitrogens with one attached hydrogen (secondary N) is 1. The predicted octanol–water partition coefficient (Wildman–Crippen LogP) is 1.20. The van der Waals surface area contributed by atoms with Gasteiger partial charge in [-0.05, 0) is 12.8 Å². The summed E-state index contributed by atoms with van der Waals surface area (Å²) in [6, 6.07) is 0. The summed E-state index contributed by atoms with van der Waals surface area (Å²) in [6.45, 7) is 9.46. The largest absolute Gasteiger partial charge is 0.379 e. The fourth-order valence-corrected chi connectivity index (χ4v) is 1.88. The van der Waals surface area contributed by atoms with E-state index in [1.807, 2.05) is 19.1 Å². The molecule has 1 saturated heterocycles. The number of nitrogens with zero attached hydrogens (tertiary/aromatic N) is 1. The topological polar surface area (TPSA) is 41.6 Å². The monoisotopic (exact) mass is 252 g/mol. The van der Waals surface area contributed by atoms with Gasteiger partial charge in [0.15, 0.2) is 0 Å². The van der Waals surface area contributed by atoms with Gasteiger partial charge in [0.1, 0.15) is 0 Å². The summed E-state index contributed by atoms with van der Waals surface area (Å²) in [5.41, 5.74) is 0. The van der Waals surface area contributed by atoms with Crippen molar-refractivity contribution in [2.45, 2.75) is 13.8 Å². The van der Waals surface area contributed by atoms with Crippen LogP contribution in [0, 0.1) is 5.92 Å². The predicted molar refractivity (Wildman–Crippen MR) is 73.4 cm³/mol. The van der Waals surface area contributed by atoms with Crippen LogP contribution in [0.1, 0.15) is 13.8 Å². The van der Waals surface area contributed by atoms with Gasteiger partial charge in [-0.15, -0.1) is 0 Å². The van der Waals surface area contributed by atoms with Crippen LogP contribution >= 0.6 is 0 Å². The fraction of sp³-hybridized carbons (Fsp3) is 0.643. The average Bonchev–Trinajstić information content (AvgIpc) is 2.38. The summed E-state index contributed by atoms with van der Waals surface area (Å²) in [4.78, 5) is 13.8. The molecule has 1 heterocycles. The first-order chi connectivity index (χ1) is 8.72. The molecule has 1 fully saturated rings. The van der Waals surface area contributed by atoms with E-state index in [-0.39, 0.29) is 5.91 Å². The second-order valence-electron chi connectivity index (χ2n) is 4.65. The highest BCUT2D eigenvalue weighted by molar-refractivity contribution is 5.87. The molecule has 0 radical (unpaired) electrons. The minimum Gasteiger partial charge on any atom is -0.379 e. The molecule has 0 aromatic heterocycles. The molecule has 18 heavy (non-hydrogen) atoms. The van der Waals surface area contributed by atoms with Crippen molar-refractivity contribution < 1.29 is 9.53 Å². The lowest BCUT2D eigenvalue weighted by Gasteiger charge is -2.29. The van der Waals surface area contributed by atoms with Crippen LogP contribution in [0.15, 0.2) is 24.3 Å². The Morgan fingerprint density at radius 2 is 2.11 bits per heavy atom. The molecule has 1 atom stereocenters. The Morgan fingerprint density at radius 3 is 2.78 bits per heavy atom. The van der Waals surface area contributed by atoms with Gasteiger partial charge >= 0.3 is 0 Å². The summed E-state index contributed by atoms with van der Waals surface area (Å²) < 4.78 is 5.31. The Kier molecular flexibility index (Phi) is 7.37. The minimum absolute atomic E-state index is 0.0260. The minimum atomic E-state index is -0.0260. The zero-order valence-electron chi connectivity index (χ0n) is 11.4. The summed E-state index contributed by atoms with van der Waals surface area (Å²) in [6.07, 6.45) is 7.05. The molecule has 1 rings (SSSR count). The first kappa shape index (κ1) is 14.9. The lowest BCUT2D eigenvalue weighted by molar-refractivity contribution is -0.116. The smallest absolute Gasteiger partial charge is 0.243 e. The fourth-order valence-electron chi connectivity index (χ4n) is 1.88. The number of ether oxygens (including phenoxy) is 1. The van der Waals surface area contributed by atoms with E-state index in [1.165, 1.54) is 0 Å². The van der Waals surface area contributed by atoms with E-state index < -0.39 is 0 Å². The number of carbonyl (C=O) groups is 1. The van der Waals surface area contributed by atoms with Crippen LogP contribution in [0.3, 0.4) is 0 Å².